The zero-order chi connectivity index (χ0) is 14.6. The van der Waals surface area contributed by atoms with E-state index in [1.165, 1.54) is 11.3 Å². The maximum atomic E-state index is 12.4. The molecule has 2 aromatic rings. The molecule has 20 heavy (non-hydrogen) atoms. The van der Waals surface area contributed by atoms with Crippen LogP contribution < -0.4 is 0 Å². The number of nitrogens with zero attached hydrogens (tertiary/aromatic N) is 1. The number of thiazole rings is 1. The minimum absolute atomic E-state index is 0.158. The fraction of sp³-hybridized carbons (Fsp3) is 0.417. The highest BCUT2D eigenvalue weighted by molar-refractivity contribution is 7.94. The van der Waals surface area contributed by atoms with Gasteiger partial charge in [0.2, 0.25) is 0 Å². The summed E-state index contributed by atoms with van der Waals surface area (Å²) in [4.78, 5) is 4.30. The van der Waals surface area contributed by atoms with Crippen molar-refractivity contribution in [3.63, 3.8) is 0 Å². The Bertz CT molecular complexity index is 615. The van der Waals surface area contributed by atoms with Gasteiger partial charge in [0.25, 0.3) is 0 Å². The third-order valence-corrected chi connectivity index (χ3v) is 8.02. The summed E-state index contributed by atoms with van der Waals surface area (Å²) in [6.45, 7) is 3.97. The SMILES string of the molecule is CCOP(=O)(CS(=O)c1nc2ccccc2s1)OCC. The molecule has 0 bridgehead atoms. The first-order valence-electron chi connectivity index (χ1n) is 6.20. The van der Waals surface area contributed by atoms with Gasteiger partial charge in [-0.3, -0.25) is 8.77 Å². The lowest BCUT2D eigenvalue weighted by atomic mass is 10.3. The molecular formula is C12H16NO4PS2. The maximum absolute atomic E-state index is 12.4. The van der Waals surface area contributed by atoms with Gasteiger partial charge in [-0.1, -0.05) is 12.1 Å². The second-order valence-electron chi connectivity index (χ2n) is 3.87. The second-order valence-corrected chi connectivity index (χ2v) is 9.01. The highest BCUT2D eigenvalue weighted by atomic mass is 32.2. The van der Waals surface area contributed by atoms with Crippen LogP contribution in [-0.4, -0.2) is 27.9 Å². The molecule has 2 rings (SSSR count). The summed E-state index contributed by atoms with van der Waals surface area (Å²) in [5.74, 6) is 0. The van der Waals surface area contributed by atoms with E-state index in [-0.39, 0.29) is 18.7 Å². The summed E-state index contributed by atoms with van der Waals surface area (Å²) < 4.78 is 36.4. The number of hydrogen-bond acceptors (Lipinski definition) is 6. The predicted octanol–water partition coefficient (Wildman–Crippen LogP) is 3.63. The van der Waals surface area contributed by atoms with Crippen LogP contribution in [0, 0.1) is 0 Å². The molecule has 0 saturated carbocycles. The minimum atomic E-state index is -3.32. The van der Waals surface area contributed by atoms with E-state index in [1.54, 1.807) is 13.8 Å². The van der Waals surface area contributed by atoms with Gasteiger partial charge in [0.05, 0.1) is 34.2 Å². The zero-order valence-electron chi connectivity index (χ0n) is 11.3. The maximum Gasteiger partial charge on any atom is 0.343 e. The van der Waals surface area contributed by atoms with Crippen LogP contribution in [0.2, 0.25) is 0 Å². The lowest BCUT2D eigenvalue weighted by Gasteiger charge is -2.15. The normalized spacial score (nSPS) is 13.7. The van der Waals surface area contributed by atoms with Crippen molar-refractivity contribution in [3.8, 4) is 0 Å². The van der Waals surface area contributed by atoms with Crippen LogP contribution in [-0.2, 0) is 24.4 Å². The van der Waals surface area contributed by atoms with Crippen molar-refractivity contribution in [2.75, 3.05) is 18.7 Å². The first-order valence-corrected chi connectivity index (χ1v) is 10.1. The van der Waals surface area contributed by atoms with Gasteiger partial charge in [-0.15, -0.1) is 11.3 Å². The van der Waals surface area contributed by atoms with E-state index in [0.717, 1.165) is 10.2 Å². The van der Waals surface area contributed by atoms with Gasteiger partial charge in [0.15, 0.2) is 4.34 Å². The summed E-state index contributed by atoms with van der Waals surface area (Å²) in [7, 11) is -4.81. The van der Waals surface area contributed by atoms with E-state index in [2.05, 4.69) is 4.98 Å². The van der Waals surface area contributed by atoms with Gasteiger partial charge in [-0.25, -0.2) is 4.98 Å². The quantitative estimate of drug-likeness (QED) is 0.724. The lowest BCUT2D eigenvalue weighted by Crippen LogP contribution is -2.05. The van der Waals surface area contributed by atoms with Gasteiger partial charge in [0.1, 0.15) is 5.49 Å². The molecule has 1 atom stereocenters. The molecule has 0 aliphatic rings. The first-order chi connectivity index (χ1) is 9.58. The number of aromatic nitrogens is 1. The Labute approximate surface area is 124 Å². The molecule has 1 unspecified atom stereocenters. The Kier molecular flexibility index (Phi) is 5.46. The smallest absolute Gasteiger partial charge is 0.308 e. The van der Waals surface area contributed by atoms with Gasteiger partial charge < -0.3 is 9.05 Å². The molecule has 1 aromatic carbocycles. The van der Waals surface area contributed by atoms with Crippen molar-refractivity contribution < 1.29 is 17.8 Å². The van der Waals surface area contributed by atoms with E-state index in [9.17, 15) is 8.77 Å². The molecule has 0 saturated heterocycles. The predicted molar refractivity (Wildman–Crippen MR) is 81.8 cm³/mol. The largest absolute Gasteiger partial charge is 0.343 e. The van der Waals surface area contributed by atoms with E-state index >= 15 is 0 Å². The van der Waals surface area contributed by atoms with E-state index in [4.69, 9.17) is 9.05 Å². The number of rotatable bonds is 7. The van der Waals surface area contributed by atoms with Crippen LogP contribution in [0.1, 0.15) is 13.8 Å². The van der Waals surface area contributed by atoms with Crippen LogP contribution >= 0.6 is 18.9 Å². The standard InChI is InChI=1S/C12H16NO4PS2/c1-3-16-18(14,17-4-2)9-20(15)12-13-10-7-5-6-8-11(10)19-12/h5-8H,3-4,9H2,1-2H3. The molecule has 0 N–H and O–H groups in total. The molecule has 0 aliphatic carbocycles. The molecule has 0 spiro atoms. The third kappa shape index (κ3) is 3.74. The van der Waals surface area contributed by atoms with Gasteiger partial charge in [-0.2, -0.15) is 0 Å². The van der Waals surface area contributed by atoms with E-state index in [0.29, 0.717) is 4.34 Å². The Morgan fingerprint density at radius 3 is 2.50 bits per heavy atom. The number of hydrogen-bond donors (Lipinski definition) is 0. The molecule has 5 nitrogen and oxygen atoms in total. The topological polar surface area (TPSA) is 65.5 Å². The summed E-state index contributed by atoms with van der Waals surface area (Å²) >= 11 is 1.34. The van der Waals surface area contributed by atoms with Gasteiger partial charge >= 0.3 is 7.60 Å². The van der Waals surface area contributed by atoms with Crippen LogP contribution in [0.15, 0.2) is 28.6 Å². The Balaban J connectivity index is 2.20. The Morgan fingerprint density at radius 2 is 1.90 bits per heavy atom. The molecule has 110 valence electrons. The molecule has 0 fully saturated rings. The number of para-hydroxylation sites is 1. The summed E-state index contributed by atoms with van der Waals surface area (Å²) in [6, 6.07) is 7.55. The van der Waals surface area contributed by atoms with Crippen molar-refractivity contribution in [2.45, 2.75) is 18.2 Å². The molecule has 1 heterocycles. The highest BCUT2D eigenvalue weighted by Crippen LogP contribution is 2.49. The fourth-order valence-electron chi connectivity index (χ4n) is 1.65. The molecular weight excluding hydrogens is 317 g/mol. The van der Waals surface area contributed by atoms with Crippen molar-refractivity contribution in [3.05, 3.63) is 24.3 Å². The van der Waals surface area contributed by atoms with E-state index in [1.807, 2.05) is 24.3 Å². The number of benzene rings is 1. The Morgan fingerprint density at radius 1 is 1.25 bits per heavy atom. The van der Waals surface area contributed by atoms with Crippen LogP contribution in [0.25, 0.3) is 10.2 Å². The average molecular weight is 333 g/mol. The van der Waals surface area contributed by atoms with E-state index < -0.39 is 18.4 Å². The molecule has 0 amide bonds. The van der Waals surface area contributed by atoms with Gasteiger partial charge in [-0.05, 0) is 26.0 Å². The van der Waals surface area contributed by atoms with Gasteiger partial charge in [0, 0.05) is 0 Å². The molecule has 0 radical (unpaired) electrons. The van der Waals surface area contributed by atoms with Crippen molar-refractivity contribution in [1.82, 2.24) is 4.98 Å². The average Bonchev–Trinajstić information content (AvgIpc) is 2.82. The summed E-state index contributed by atoms with van der Waals surface area (Å²) in [5.41, 5.74) is 0.637. The third-order valence-electron chi connectivity index (χ3n) is 2.40. The molecule has 8 heteroatoms. The minimum Gasteiger partial charge on any atom is -0.308 e. The van der Waals surface area contributed by atoms with Crippen molar-refractivity contribution >= 4 is 39.9 Å². The lowest BCUT2D eigenvalue weighted by molar-refractivity contribution is 0.224. The summed E-state index contributed by atoms with van der Waals surface area (Å²) in [6.07, 6.45) is 0. The molecule has 1 aromatic heterocycles. The second kappa shape index (κ2) is 6.91. The van der Waals surface area contributed by atoms with Crippen molar-refractivity contribution in [2.24, 2.45) is 0 Å². The molecule has 0 aliphatic heterocycles. The monoisotopic (exact) mass is 333 g/mol. The summed E-state index contributed by atoms with van der Waals surface area (Å²) in [5, 5.41) is 0. The van der Waals surface area contributed by atoms with Crippen LogP contribution in [0.3, 0.4) is 0 Å². The zero-order valence-corrected chi connectivity index (χ0v) is 13.8. The number of fused-ring (bicyclic) bond motifs is 1. The van der Waals surface area contributed by atoms with Crippen LogP contribution in [0.4, 0.5) is 0 Å². The first kappa shape index (κ1) is 15.8. The fourth-order valence-corrected chi connectivity index (χ4v) is 6.71. The van der Waals surface area contributed by atoms with Crippen molar-refractivity contribution in [1.29, 1.82) is 0 Å². The highest BCUT2D eigenvalue weighted by Gasteiger charge is 2.28. The Hall–Kier alpha value is -0.590. The van der Waals surface area contributed by atoms with Crippen LogP contribution in [0.5, 0.6) is 0 Å².